The van der Waals surface area contributed by atoms with Gasteiger partial charge in [0.15, 0.2) is 0 Å². The van der Waals surface area contributed by atoms with Gasteiger partial charge in [-0.1, -0.05) is 6.07 Å². The van der Waals surface area contributed by atoms with Crippen LogP contribution < -0.4 is 10.2 Å². The second-order valence-corrected chi connectivity index (χ2v) is 4.99. The fraction of sp³-hybridized carbons (Fsp3) is 0.267. The van der Waals surface area contributed by atoms with Gasteiger partial charge >= 0.3 is 5.97 Å². The van der Waals surface area contributed by atoms with Crippen LogP contribution in [0, 0.1) is 0 Å². The maximum atomic E-state index is 12.2. The van der Waals surface area contributed by atoms with Crippen molar-refractivity contribution in [2.45, 2.75) is 13.0 Å². The molecule has 2 N–H and O–H groups in total. The topological polar surface area (TPSA) is 82.5 Å². The Labute approximate surface area is 122 Å². The summed E-state index contributed by atoms with van der Waals surface area (Å²) in [6.45, 7) is 1.41. The van der Waals surface area contributed by atoms with Crippen LogP contribution in [0.25, 0.3) is 10.8 Å². The van der Waals surface area contributed by atoms with E-state index >= 15 is 0 Å². The predicted molar refractivity (Wildman–Crippen MR) is 80.6 cm³/mol. The summed E-state index contributed by atoms with van der Waals surface area (Å²) in [7, 11) is 3.81. The maximum Gasteiger partial charge on any atom is 0.325 e. The number of aliphatic carboxylic acids is 1. The average molecular weight is 287 g/mol. The third-order valence-electron chi connectivity index (χ3n) is 3.20. The van der Waals surface area contributed by atoms with Crippen molar-refractivity contribution in [2.24, 2.45) is 0 Å². The van der Waals surface area contributed by atoms with E-state index in [0.717, 1.165) is 11.1 Å². The molecule has 0 saturated heterocycles. The van der Waals surface area contributed by atoms with Crippen LogP contribution in [0.15, 0.2) is 30.5 Å². The molecule has 0 fully saturated rings. The molecule has 21 heavy (non-hydrogen) atoms. The van der Waals surface area contributed by atoms with E-state index in [1.807, 2.05) is 43.3 Å². The highest BCUT2D eigenvalue weighted by Crippen LogP contribution is 2.23. The maximum absolute atomic E-state index is 12.2. The van der Waals surface area contributed by atoms with Gasteiger partial charge in [-0.15, -0.1) is 0 Å². The van der Waals surface area contributed by atoms with Crippen LogP contribution in [0.2, 0.25) is 0 Å². The first kappa shape index (κ1) is 14.8. The molecular weight excluding hydrogens is 270 g/mol. The molecule has 0 bridgehead atoms. The fourth-order valence-corrected chi connectivity index (χ4v) is 1.94. The first-order valence-electron chi connectivity index (χ1n) is 6.50. The van der Waals surface area contributed by atoms with Gasteiger partial charge in [-0.25, -0.2) is 0 Å². The molecule has 0 aliphatic carbocycles. The van der Waals surface area contributed by atoms with Crippen LogP contribution >= 0.6 is 0 Å². The third-order valence-corrected chi connectivity index (χ3v) is 3.20. The highest BCUT2D eigenvalue weighted by Gasteiger charge is 2.18. The number of rotatable bonds is 4. The standard InChI is InChI=1S/C15H17N3O3/c1-9(15(20)21)17-14(19)13-12-8-11(18(2)3)5-4-10(12)6-7-16-13/h4-9H,1-3H3,(H,17,19)(H,20,21). The number of pyridine rings is 1. The van der Waals surface area contributed by atoms with Crippen LogP contribution in [-0.2, 0) is 4.79 Å². The number of carbonyl (C=O) groups excluding carboxylic acids is 1. The van der Waals surface area contributed by atoms with Gasteiger partial charge in [0.1, 0.15) is 11.7 Å². The molecule has 110 valence electrons. The molecule has 2 rings (SSSR count). The van der Waals surface area contributed by atoms with Crippen molar-refractivity contribution in [2.75, 3.05) is 19.0 Å². The molecule has 0 aliphatic heterocycles. The smallest absolute Gasteiger partial charge is 0.325 e. The molecule has 0 radical (unpaired) electrons. The monoisotopic (exact) mass is 287 g/mol. The van der Waals surface area contributed by atoms with Crippen LogP contribution in [-0.4, -0.2) is 42.1 Å². The Morgan fingerprint density at radius 3 is 2.62 bits per heavy atom. The summed E-state index contributed by atoms with van der Waals surface area (Å²) in [6, 6.07) is 6.56. The Bertz CT molecular complexity index is 698. The number of fused-ring (bicyclic) bond motifs is 1. The van der Waals surface area contributed by atoms with Gasteiger partial charge in [-0.2, -0.15) is 0 Å². The van der Waals surface area contributed by atoms with Gasteiger partial charge in [0.2, 0.25) is 0 Å². The lowest BCUT2D eigenvalue weighted by Crippen LogP contribution is -2.38. The molecule has 0 spiro atoms. The lowest BCUT2D eigenvalue weighted by atomic mass is 10.1. The first-order chi connectivity index (χ1) is 9.90. The van der Waals surface area contributed by atoms with Crippen LogP contribution in [0.5, 0.6) is 0 Å². The minimum absolute atomic E-state index is 0.226. The zero-order chi connectivity index (χ0) is 15.6. The summed E-state index contributed by atoms with van der Waals surface area (Å²) < 4.78 is 0. The lowest BCUT2D eigenvalue weighted by Gasteiger charge is -2.15. The van der Waals surface area contributed by atoms with Gasteiger partial charge in [-0.3, -0.25) is 14.6 Å². The van der Waals surface area contributed by atoms with E-state index < -0.39 is 17.9 Å². The zero-order valence-corrected chi connectivity index (χ0v) is 12.1. The number of benzene rings is 1. The Hall–Kier alpha value is -2.63. The number of anilines is 1. The molecule has 2 aromatic rings. The van der Waals surface area contributed by atoms with Gasteiger partial charge in [-0.05, 0) is 30.5 Å². The van der Waals surface area contributed by atoms with E-state index in [9.17, 15) is 9.59 Å². The third kappa shape index (κ3) is 3.10. The summed E-state index contributed by atoms with van der Waals surface area (Å²) >= 11 is 0. The molecule has 1 unspecified atom stereocenters. The van der Waals surface area contributed by atoms with Crippen molar-refractivity contribution < 1.29 is 14.7 Å². The molecule has 0 aliphatic rings. The summed E-state index contributed by atoms with van der Waals surface area (Å²) in [5, 5.41) is 12.9. The number of aromatic nitrogens is 1. The average Bonchev–Trinajstić information content (AvgIpc) is 2.45. The number of amides is 1. The summed E-state index contributed by atoms with van der Waals surface area (Å²) in [4.78, 5) is 29.1. The molecule has 1 atom stereocenters. The van der Waals surface area contributed by atoms with E-state index in [4.69, 9.17) is 5.11 Å². The van der Waals surface area contributed by atoms with Crippen molar-refractivity contribution in [3.63, 3.8) is 0 Å². The molecule has 1 aromatic heterocycles. The number of hydrogen-bond acceptors (Lipinski definition) is 4. The highest BCUT2D eigenvalue weighted by molar-refractivity contribution is 6.06. The Morgan fingerprint density at radius 1 is 1.29 bits per heavy atom. The normalized spacial score (nSPS) is 12.0. The SMILES string of the molecule is CC(NC(=O)c1nccc2ccc(N(C)C)cc12)C(=O)O. The number of nitrogens with zero attached hydrogens (tertiary/aromatic N) is 2. The first-order valence-corrected chi connectivity index (χ1v) is 6.50. The van der Waals surface area contributed by atoms with Crippen molar-refractivity contribution in [1.82, 2.24) is 10.3 Å². The summed E-state index contributed by atoms with van der Waals surface area (Å²) in [6.07, 6.45) is 1.54. The van der Waals surface area contributed by atoms with Crippen molar-refractivity contribution in [1.29, 1.82) is 0 Å². The predicted octanol–water partition coefficient (Wildman–Crippen LogP) is 1.50. The van der Waals surface area contributed by atoms with Crippen molar-refractivity contribution >= 4 is 28.3 Å². The molecule has 1 aromatic carbocycles. The zero-order valence-electron chi connectivity index (χ0n) is 12.1. The highest BCUT2D eigenvalue weighted by atomic mass is 16.4. The van der Waals surface area contributed by atoms with Crippen LogP contribution in [0.4, 0.5) is 5.69 Å². The van der Waals surface area contributed by atoms with Gasteiger partial charge in [0.05, 0.1) is 0 Å². The van der Waals surface area contributed by atoms with E-state index in [1.54, 1.807) is 0 Å². The van der Waals surface area contributed by atoms with E-state index in [2.05, 4.69) is 10.3 Å². The van der Waals surface area contributed by atoms with Crippen LogP contribution in [0.3, 0.4) is 0 Å². The van der Waals surface area contributed by atoms with Gasteiger partial charge in [0.25, 0.3) is 5.91 Å². The lowest BCUT2D eigenvalue weighted by molar-refractivity contribution is -0.138. The Morgan fingerprint density at radius 2 is 2.00 bits per heavy atom. The van der Waals surface area contributed by atoms with E-state index in [-0.39, 0.29) is 5.69 Å². The molecule has 6 nitrogen and oxygen atoms in total. The number of nitrogens with one attached hydrogen (secondary N) is 1. The number of hydrogen-bond donors (Lipinski definition) is 2. The van der Waals surface area contributed by atoms with Gasteiger partial charge in [0, 0.05) is 31.4 Å². The second kappa shape index (κ2) is 5.78. The second-order valence-electron chi connectivity index (χ2n) is 4.99. The van der Waals surface area contributed by atoms with Crippen molar-refractivity contribution in [3.8, 4) is 0 Å². The summed E-state index contributed by atoms with van der Waals surface area (Å²) in [5.74, 6) is -1.58. The molecular formula is C15H17N3O3. The number of carboxylic acid groups (broad SMARTS) is 1. The quantitative estimate of drug-likeness (QED) is 0.890. The number of carbonyl (C=O) groups is 2. The molecule has 1 heterocycles. The van der Waals surface area contributed by atoms with Gasteiger partial charge < -0.3 is 15.3 Å². The fourth-order valence-electron chi connectivity index (χ4n) is 1.94. The number of carboxylic acids is 1. The van der Waals surface area contributed by atoms with Crippen LogP contribution in [0.1, 0.15) is 17.4 Å². The minimum Gasteiger partial charge on any atom is -0.480 e. The largest absolute Gasteiger partial charge is 0.480 e. The summed E-state index contributed by atoms with van der Waals surface area (Å²) in [5.41, 5.74) is 1.17. The van der Waals surface area contributed by atoms with Crippen molar-refractivity contribution in [3.05, 3.63) is 36.2 Å². The molecule has 6 heteroatoms. The van der Waals surface area contributed by atoms with E-state index in [1.165, 1.54) is 13.1 Å². The Kier molecular flexibility index (Phi) is 4.07. The van der Waals surface area contributed by atoms with E-state index in [0.29, 0.717) is 5.39 Å². The minimum atomic E-state index is -1.09. The molecule has 1 amide bonds. The Balaban J connectivity index is 2.45. The molecule has 0 saturated carbocycles.